The van der Waals surface area contributed by atoms with Gasteiger partial charge in [-0.05, 0) is 42.7 Å². The highest BCUT2D eigenvalue weighted by Gasteiger charge is 2.30. The number of nitrogens with one attached hydrogen (secondary N) is 2. The van der Waals surface area contributed by atoms with Crippen molar-refractivity contribution in [3.63, 3.8) is 0 Å². The Bertz CT molecular complexity index is 1290. The van der Waals surface area contributed by atoms with Gasteiger partial charge in [0.05, 0.1) is 16.8 Å². The second-order valence-corrected chi connectivity index (χ2v) is 9.16. The minimum Gasteiger partial charge on any atom is -0.346 e. The molecule has 0 amide bonds. The van der Waals surface area contributed by atoms with Crippen LogP contribution in [-0.2, 0) is 30.0 Å². The van der Waals surface area contributed by atoms with E-state index < -0.39 is 45.7 Å². The molecule has 38 heavy (non-hydrogen) atoms. The van der Waals surface area contributed by atoms with Crippen LogP contribution in [0, 0.1) is 11.6 Å². The molecule has 0 saturated heterocycles. The van der Waals surface area contributed by atoms with Crippen molar-refractivity contribution in [3.8, 4) is 0 Å². The predicted molar refractivity (Wildman–Crippen MR) is 142 cm³/mol. The average Bonchev–Trinajstić information content (AvgIpc) is 3.30. The SMILES string of the molecule is CC.CCCS(=O)Nc1ccc(F)c(C(=O)c2c[nH]c(/N=C\Cc3ccc(C(F)(F)F)cc3)c2CC)c1F. The Labute approximate surface area is 221 Å². The Morgan fingerprint density at radius 2 is 1.74 bits per heavy atom. The molecular weight excluding hydrogens is 525 g/mol. The molecule has 0 aliphatic carbocycles. The number of hydrogen-bond donors (Lipinski definition) is 2. The minimum atomic E-state index is -4.42. The lowest BCUT2D eigenvalue weighted by Crippen LogP contribution is -2.14. The monoisotopic (exact) mass is 555 g/mol. The highest BCUT2D eigenvalue weighted by molar-refractivity contribution is 7.86. The molecule has 206 valence electrons. The van der Waals surface area contributed by atoms with E-state index in [1.807, 2.05) is 13.8 Å². The Kier molecular flexibility index (Phi) is 11.4. The first-order valence-electron chi connectivity index (χ1n) is 12.1. The lowest BCUT2D eigenvalue weighted by Gasteiger charge is -2.11. The van der Waals surface area contributed by atoms with Gasteiger partial charge >= 0.3 is 6.18 Å². The molecule has 3 aromatic rings. The van der Waals surface area contributed by atoms with Gasteiger partial charge < -0.3 is 9.71 Å². The third kappa shape index (κ3) is 7.59. The van der Waals surface area contributed by atoms with Crippen LogP contribution in [0.3, 0.4) is 0 Å². The molecule has 1 unspecified atom stereocenters. The summed E-state index contributed by atoms with van der Waals surface area (Å²) in [5.41, 5.74) is -0.711. The van der Waals surface area contributed by atoms with Crippen LogP contribution in [-0.4, -0.2) is 26.9 Å². The Morgan fingerprint density at radius 1 is 1.08 bits per heavy atom. The van der Waals surface area contributed by atoms with Crippen molar-refractivity contribution in [1.29, 1.82) is 0 Å². The molecule has 3 rings (SSSR count). The van der Waals surface area contributed by atoms with E-state index >= 15 is 4.39 Å². The third-order valence-electron chi connectivity index (χ3n) is 5.32. The fourth-order valence-corrected chi connectivity index (χ4v) is 4.40. The molecule has 11 heteroatoms. The molecule has 0 saturated carbocycles. The summed E-state index contributed by atoms with van der Waals surface area (Å²) >= 11 is 0. The van der Waals surface area contributed by atoms with Crippen molar-refractivity contribution in [2.45, 2.75) is 53.1 Å². The molecule has 0 aliphatic heterocycles. The Morgan fingerprint density at radius 3 is 2.32 bits per heavy atom. The summed E-state index contributed by atoms with van der Waals surface area (Å²) in [6.07, 6.45) is -0.512. The van der Waals surface area contributed by atoms with E-state index in [1.165, 1.54) is 24.5 Å². The molecule has 0 bridgehead atoms. The quantitative estimate of drug-likeness (QED) is 0.154. The van der Waals surface area contributed by atoms with E-state index in [9.17, 15) is 26.6 Å². The number of aliphatic imine (C=N–C) groups is 1. The summed E-state index contributed by atoms with van der Waals surface area (Å²) in [4.78, 5) is 20.2. The zero-order chi connectivity index (χ0) is 28.5. The highest BCUT2D eigenvalue weighted by Crippen LogP contribution is 2.30. The van der Waals surface area contributed by atoms with Gasteiger partial charge in [0.2, 0.25) is 5.78 Å². The molecule has 0 spiro atoms. The topological polar surface area (TPSA) is 74.3 Å². The fourth-order valence-electron chi connectivity index (χ4n) is 3.52. The van der Waals surface area contributed by atoms with Crippen LogP contribution in [0.5, 0.6) is 0 Å². The molecule has 1 heterocycles. The smallest absolute Gasteiger partial charge is 0.346 e. The van der Waals surface area contributed by atoms with Crippen molar-refractivity contribution < 1.29 is 31.0 Å². The van der Waals surface area contributed by atoms with Crippen LogP contribution in [0.15, 0.2) is 47.6 Å². The Hall–Kier alpha value is -3.34. The van der Waals surface area contributed by atoms with Gasteiger partial charge in [0, 0.05) is 35.7 Å². The summed E-state index contributed by atoms with van der Waals surface area (Å²) in [5.74, 6) is -2.54. The summed E-state index contributed by atoms with van der Waals surface area (Å²) in [6.45, 7) is 7.55. The first-order chi connectivity index (χ1) is 18.1. The van der Waals surface area contributed by atoms with Crippen LogP contribution in [0.4, 0.5) is 33.5 Å². The minimum absolute atomic E-state index is 0.0313. The van der Waals surface area contributed by atoms with Crippen LogP contribution in [0.1, 0.15) is 66.7 Å². The molecule has 5 nitrogen and oxygen atoms in total. The maximum Gasteiger partial charge on any atom is 0.416 e. The number of halogens is 5. The van der Waals surface area contributed by atoms with Crippen LogP contribution < -0.4 is 4.72 Å². The molecular formula is C27H30F5N3O2S. The van der Waals surface area contributed by atoms with Gasteiger partial charge in [-0.2, -0.15) is 13.2 Å². The number of hydrogen-bond acceptors (Lipinski definition) is 3. The largest absolute Gasteiger partial charge is 0.416 e. The number of carbonyl (C=O) groups is 1. The van der Waals surface area contributed by atoms with Gasteiger partial charge in [-0.1, -0.05) is 39.8 Å². The number of H-pyrrole nitrogens is 1. The molecule has 0 aliphatic rings. The molecule has 2 aromatic carbocycles. The first-order valence-corrected chi connectivity index (χ1v) is 13.4. The highest BCUT2D eigenvalue weighted by atomic mass is 32.2. The van der Waals surface area contributed by atoms with Gasteiger partial charge in [0.15, 0.2) is 5.82 Å². The maximum atomic E-state index is 15.0. The molecule has 0 radical (unpaired) electrons. The molecule has 0 fully saturated rings. The number of aromatic nitrogens is 1. The number of ketones is 1. The zero-order valence-electron chi connectivity index (χ0n) is 21.5. The van der Waals surface area contributed by atoms with E-state index in [0.717, 1.165) is 24.3 Å². The van der Waals surface area contributed by atoms with Crippen molar-refractivity contribution in [2.75, 3.05) is 10.5 Å². The van der Waals surface area contributed by atoms with Crippen molar-refractivity contribution in [1.82, 2.24) is 4.98 Å². The lowest BCUT2D eigenvalue weighted by atomic mass is 9.99. The van der Waals surface area contributed by atoms with E-state index in [-0.39, 0.29) is 23.4 Å². The lowest BCUT2D eigenvalue weighted by molar-refractivity contribution is -0.137. The number of alkyl halides is 3. The number of anilines is 1. The maximum absolute atomic E-state index is 15.0. The van der Waals surface area contributed by atoms with Crippen LogP contribution in [0.25, 0.3) is 0 Å². The first kappa shape index (κ1) is 30.9. The van der Waals surface area contributed by atoms with Gasteiger partial charge in [0.1, 0.15) is 22.6 Å². The molecule has 1 atom stereocenters. The standard InChI is InChI=1S/C25H24F5N3O2S.C2H6/c1-3-13-36(35)33-20-10-9-19(26)21(22(20)27)23(34)18-14-32-24(17(18)4-2)31-12-11-15-5-7-16(8-6-15)25(28,29)30;1-2/h5-10,12,14,32-33H,3-4,11,13H2,1-2H3;1-2H3/b31-12-;. The van der Waals surface area contributed by atoms with E-state index in [0.29, 0.717) is 29.8 Å². The molecule has 2 N–H and O–H groups in total. The van der Waals surface area contributed by atoms with Gasteiger partial charge in [-0.3, -0.25) is 4.79 Å². The van der Waals surface area contributed by atoms with Crippen molar-refractivity contribution >= 4 is 34.5 Å². The normalized spacial score (nSPS) is 12.2. The van der Waals surface area contributed by atoms with E-state index in [4.69, 9.17) is 0 Å². The van der Waals surface area contributed by atoms with Crippen LogP contribution >= 0.6 is 0 Å². The van der Waals surface area contributed by atoms with Crippen LogP contribution in [0.2, 0.25) is 0 Å². The average molecular weight is 556 g/mol. The number of aromatic amines is 1. The summed E-state index contributed by atoms with van der Waals surface area (Å²) in [7, 11) is -1.59. The summed E-state index contributed by atoms with van der Waals surface area (Å²) in [6, 6.07) is 6.68. The van der Waals surface area contributed by atoms with Crippen molar-refractivity contribution in [3.05, 3.63) is 82.0 Å². The Balaban J connectivity index is 0.00000247. The van der Waals surface area contributed by atoms with Gasteiger partial charge in [-0.25, -0.2) is 18.0 Å². The number of carbonyl (C=O) groups excluding carboxylic acids is 1. The van der Waals surface area contributed by atoms with Crippen molar-refractivity contribution in [2.24, 2.45) is 4.99 Å². The number of nitrogens with zero attached hydrogens (tertiary/aromatic N) is 1. The fraction of sp³-hybridized carbons (Fsp3) is 0.333. The number of rotatable bonds is 10. The van der Waals surface area contributed by atoms with E-state index in [2.05, 4.69) is 14.7 Å². The van der Waals surface area contributed by atoms with Gasteiger partial charge in [0.25, 0.3) is 0 Å². The third-order valence-corrected chi connectivity index (χ3v) is 6.55. The second-order valence-electron chi connectivity index (χ2n) is 7.86. The number of benzene rings is 2. The summed E-state index contributed by atoms with van der Waals surface area (Å²) in [5, 5.41) is 0. The predicted octanol–water partition coefficient (Wildman–Crippen LogP) is 7.56. The molecule has 1 aromatic heterocycles. The van der Waals surface area contributed by atoms with Gasteiger partial charge in [-0.15, -0.1) is 0 Å². The van der Waals surface area contributed by atoms with E-state index in [1.54, 1.807) is 13.8 Å². The summed E-state index contributed by atoms with van der Waals surface area (Å²) < 4.78 is 82.1. The zero-order valence-corrected chi connectivity index (χ0v) is 22.3. The second kappa shape index (κ2) is 14.0.